The molecule has 0 radical (unpaired) electrons. The molecule has 0 aliphatic heterocycles. The topological polar surface area (TPSA) is 32.3 Å². The van der Waals surface area contributed by atoms with Crippen LogP contribution in [0.3, 0.4) is 0 Å². The Balaban J connectivity index is 1.56. The smallest absolute Gasteiger partial charge is 0.220 e. The maximum atomic E-state index is 12.8. The van der Waals surface area contributed by atoms with Gasteiger partial charge in [0.25, 0.3) is 0 Å². The summed E-state index contributed by atoms with van der Waals surface area (Å²) in [7, 11) is 2.09. The van der Waals surface area contributed by atoms with E-state index in [1.165, 1.54) is 17.7 Å². The van der Waals surface area contributed by atoms with Gasteiger partial charge in [-0.25, -0.2) is 4.39 Å². The van der Waals surface area contributed by atoms with Gasteiger partial charge in [0, 0.05) is 19.5 Å². The fraction of sp³-hybridized carbons (Fsp3) is 0.350. The van der Waals surface area contributed by atoms with Crippen molar-refractivity contribution in [2.24, 2.45) is 0 Å². The number of halogens is 1. The van der Waals surface area contributed by atoms with Crippen molar-refractivity contribution >= 4 is 5.91 Å². The lowest BCUT2D eigenvalue weighted by molar-refractivity contribution is -0.121. The van der Waals surface area contributed by atoms with E-state index in [-0.39, 0.29) is 11.7 Å². The molecule has 0 aliphatic carbocycles. The molecule has 24 heavy (non-hydrogen) atoms. The van der Waals surface area contributed by atoms with Gasteiger partial charge in [0.15, 0.2) is 0 Å². The Labute approximate surface area is 143 Å². The van der Waals surface area contributed by atoms with E-state index < -0.39 is 0 Å². The van der Waals surface area contributed by atoms with Crippen molar-refractivity contribution in [1.29, 1.82) is 0 Å². The van der Waals surface area contributed by atoms with Crippen molar-refractivity contribution in [2.45, 2.75) is 25.8 Å². The Morgan fingerprint density at radius 1 is 1.04 bits per heavy atom. The van der Waals surface area contributed by atoms with Gasteiger partial charge < -0.3 is 10.2 Å². The summed E-state index contributed by atoms with van der Waals surface area (Å²) in [6, 6.07) is 16.6. The molecule has 2 aromatic carbocycles. The standard InChI is InChI=1S/C20H25FN2O/c1-23(16-18-6-3-2-4-7-18)15-5-14-22-20(24)13-10-17-8-11-19(21)12-9-17/h2-4,6-9,11-12H,5,10,13-16H2,1H3,(H,22,24). The van der Waals surface area contributed by atoms with Crippen LogP contribution in [0.2, 0.25) is 0 Å². The normalized spacial score (nSPS) is 10.8. The number of nitrogens with zero attached hydrogens (tertiary/aromatic N) is 1. The molecule has 0 unspecified atom stereocenters. The minimum atomic E-state index is -0.247. The summed E-state index contributed by atoms with van der Waals surface area (Å²) >= 11 is 0. The molecule has 0 saturated heterocycles. The third-order valence-corrected chi connectivity index (χ3v) is 3.89. The van der Waals surface area contributed by atoms with E-state index in [0.717, 1.165) is 25.1 Å². The molecule has 2 rings (SSSR count). The summed E-state index contributed by atoms with van der Waals surface area (Å²) in [6.45, 7) is 2.54. The largest absolute Gasteiger partial charge is 0.356 e. The fourth-order valence-corrected chi connectivity index (χ4v) is 2.55. The number of amides is 1. The second kappa shape index (κ2) is 9.83. The van der Waals surface area contributed by atoms with Gasteiger partial charge in [0.1, 0.15) is 5.82 Å². The van der Waals surface area contributed by atoms with Crippen LogP contribution in [0.25, 0.3) is 0 Å². The highest BCUT2D eigenvalue weighted by atomic mass is 19.1. The summed E-state index contributed by atoms with van der Waals surface area (Å²) in [6.07, 6.45) is 2.00. The third kappa shape index (κ3) is 6.92. The quantitative estimate of drug-likeness (QED) is 0.716. The first-order chi connectivity index (χ1) is 11.6. The molecule has 0 heterocycles. The van der Waals surface area contributed by atoms with Gasteiger partial charge in [-0.3, -0.25) is 4.79 Å². The zero-order chi connectivity index (χ0) is 17.2. The maximum absolute atomic E-state index is 12.8. The Morgan fingerprint density at radius 2 is 1.75 bits per heavy atom. The number of carbonyl (C=O) groups is 1. The average Bonchev–Trinajstić information content (AvgIpc) is 2.59. The number of benzene rings is 2. The molecule has 128 valence electrons. The van der Waals surface area contributed by atoms with Crippen LogP contribution in [0.15, 0.2) is 54.6 Å². The predicted molar refractivity (Wildman–Crippen MR) is 95.1 cm³/mol. The van der Waals surface area contributed by atoms with Gasteiger partial charge in [0.2, 0.25) is 5.91 Å². The molecule has 1 N–H and O–H groups in total. The third-order valence-electron chi connectivity index (χ3n) is 3.89. The Morgan fingerprint density at radius 3 is 2.46 bits per heavy atom. The van der Waals surface area contributed by atoms with E-state index in [2.05, 4.69) is 29.4 Å². The van der Waals surface area contributed by atoms with Crippen LogP contribution in [0, 0.1) is 5.82 Å². The molecule has 0 aromatic heterocycles. The number of nitrogens with one attached hydrogen (secondary N) is 1. The molecule has 0 bridgehead atoms. The summed E-state index contributed by atoms with van der Waals surface area (Å²) in [4.78, 5) is 14.1. The molecule has 0 atom stereocenters. The average molecular weight is 328 g/mol. The van der Waals surface area contributed by atoms with Gasteiger partial charge in [-0.15, -0.1) is 0 Å². The number of hydrogen-bond acceptors (Lipinski definition) is 2. The van der Waals surface area contributed by atoms with Crippen LogP contribution in [0.5, 0.6) is 0 Å². The van der Waals surface area contributed by atoms with Crippen LogP contribution >= 0.6 is 0 Å². The van der Waals surface area contributed by atoms with Gasteiger partial charge in [-0.2, -0.15) is 0 Å². The van der Waals surface area contributed by atoms with E-state index in [1.54, 1.807) is 12.1 Å². The van der Waals surface area contributed by atoms with E-state index in [4.69, 9.17) is 0 Å². The lowest BCUT2D eigenvalue weighted by Crippen LogP contribution is -2.28. The van der Waals surface area contributed by atoms with Gasteiger partial charge in [-0.05, 0) is 49.7 Å². The molecule has 2 aromatic rings. The molecule has 0 fully saturated rings. The Kier molecular flexibility index (Phi) is 7.43. The summed E-state index contributed by atoms with van der Waals surface area (Å²) in [5.41, 5.74) is 2.28. The first-order valence-corrected chi connectivity index (χ1v) is 8.37. The summed E-state index contributed by atoms with van der Waals surface area (Å²) in [5.74, 6) is -0.201. The van der Waals surface area contributed by atoms with Crippen molar-refractivity contribution < 1.29 is 9.18 Å². The molecular weight excluding hydrogens is 303 g/mol. The zero-order valence-corrected chi connectivity index (χ0v) is 14.2. The molecule has 1 amide bonds. The zero-order valence-electron chi connectivity index (χ0n) is 14.2. The Hall–Kier alpha value is -2.20. The van der Waals surface area contributed by atoms with Crippen molar-refractivity contribution in [2.75, 3.05) is 20.1 Å². The lowest BCUT2D eigenvalue weighted by Gasteiger charge is -2.16. The SMILES string of the molecule is CN(CCCNC(=O)CCc1ccc(F)cc1)Cc1ccccc1. The van der Waals surface area contributed by atoms with Crippen molar-refractivity contribution in [1.82, 2.24) is 10.2 Å². The van der Waals surface area contributed by atoms with Crippen molar-refractivity contribution in [3.8, 4) is 0 Å². The number of aryl methyl sites for hydroxylation is 1. The number of hydrogen-bond donors (Lipinski definition) is 1. The minimum absolute atomic E-state index is 0.0463. The monoisotopic (exact) mass is 328 g/mol. The fourth-order valence-electron chi connectivity index (χ4n) is 2.55. The molecule has 0 spiro atoms. The second-order valence-corrected chi connectivity index (χ2v) is 6.05. The highest BCUT2D eigenvalue weighted by molar-refractivity contribution is 5.76. The van der Waals surface area contributed by atoms with Crippen LogP contribution in [0.4, 0.5) is 4.39 Å². The molecular formula is C20H25FN2O. The van der Waals surface area contributed by atoms with E-state index >= 15 is 0 Å². The maximum Gasteiger partial charge on any atom is 0.220 e. The van der Waals surface area contributed by atoms with E-state index in [1.807, 2.05) is 18.2 Å². The first-order valence-electron chi connectivity index (χ1n) is 8.37. The first kappa shape index (κ1) is 18.1. The molecule has 0 saturated carbocycles. The van der Waals surface area contributed by atoms with Crippen molar-refractivity contribution in [3.05, 3.63) is 71.5 Å². The van der Waals surface area contributed by atoms with Gasteiger partial charge in [-0.1, -0.05) is 42.5 Å². The molecule has 0 aliphatic rings. The van der Waals surface area contributed by atoms with Crippen LogP contribution in [-0.4, -0.2) is 30.9 Å². The van der Waals surface area contributed by atoms with Crippen LogP contribution in [0.1, 0.15) is 24.0 Å². The lowest BCUT2D eigenvalue weighted by atomic mass is 10.1. The van der Waals surface area contributed by atoms with Gasteiger partial charge in [0.05, 0.1) is 0 Å². The predicted octanol–water partition coefficient (Wildman–Crippen LogP) is 3.40. The molecule has 4 heteroatoms. The summed E-state index contributed by atoms with van der Waals surface area (Å²) in [5, 5.41) is 2.94. The number of rotatable bonds is 9. The van der Waals surface area contributed by atoms with Crippen LogP contribution < -0.4 is 5.32 Å². The van der Waals surface area contributed by atoms with Crippen molar-refractivity contribution in [3.63, 3.8) is 0 Å². The number of carbonyl (C=O) groups excluding carboxylic acids is 1. The highest BCUT2D eigenvalue weighted by Gasteiger charge is 2.03. The molecule has 3 nitrogen and oxygen atoms in total. The van der Waals surface area contributed by atoms with E-state index in [9.17, 15) is 9.18 Å². The van der Waals surface area contributed by atoms with Gasteiger partial charge >= 0.3 is 0 Å². The second-order valence-electron chi connectivity index (χ2n) is 6.05. The summed E-state index contributed by atoms with van der Waals surface area (Å²) < 4.78 is 12.8. The van der Waals surface area contributed by atoms with Crippen LogP contribution in [-0.2, 0) is 17.8 Å². The highest BCUT2D eigenvalue weighted by Crippen LogP contribution is 2.05. The van der Waals surface area contributed by atoms with E-state index in [0.29, 0.717) is 19.4 Å². The Bertz CT molecular complexity index is 613. The minimum Gasteiger partial charge on any atom is -0.356 e.